The van der Waals surface area contributed by atoms with E-state index in [-0.39, 0.29) is 33.2 Å². The van der Waals surface area contributed by atoms with Crippen LogP contribution in [0.5, 0.6) is 0 Å². The maximum atomic E-state index is 13.1. The molecule has 166 valence electrons. The summed E-state index contributed by atoms with van der Waals surface area (Å²) < 4.78 is 26.2. The van der Waals surface area contributed by atoms with Crippen molar-refractivity contribution in [3.63, 3.8) is 0 Å². The van der Waals surface area contributed by atoms with Crippen molar-refractivity contribution in [3.05, 3.63) is 95.2 Å². The summed E-state index contributed by atoms with van der Waals surface area (Å²) in [6, 6.07) is 17.8. The quantitative estimate of drug-likeness (QED) is 0.402. The van der Waals surface area contributed by atoms with Crippen molar-refractivity contribution < 1.29 is 18.0 Å². The fourth-order valence-corrected chi connectivity index (χ4v) is 5.33. The highest BCUT2D eigenvalue weighted by molar-refractivity contribution is 7.91. The highest BCUT2D eigenvalue weighted by Crippen LogP contribution is 2.34. The molecule has 9 nitrogen and oxygen atoms in total. The van der Waals surface area contributed by atoms with E-state index in [2.05, 4.69) is 27.0 Å². The second-order valence-corrected chi connectivity index (χ2v) is 9.39. The van der Waals surface area contributed by atoms with Crippen molar-refractivity contribution in [2.75, 3.05) is 5.32 Å². The SMILES string of the molecule is O=C(NCc1cccc(C2=CNNN2)c1)c1ccc2c(c1)NC(=O)c1ccccc1S2(=O)=O. The number of carbonyl (C=O) groups excluding carboxylic acids is 2. The standard InChI is InChI=1S/C23H19N5O4S/c29-22(24-12-14-4-3-5-15(10-14)19-13-25-28-27-19)16-8-9-21-18(11-16)26-23(30)17-6-1-2-7-20(17)33(21,31)32/h1-11,13,25,27-28H,12H2,(H,24,29)(H,26,30). The molecular formula is C23H19N5O4S. The van der Waals surface area contributed by atoms with Gasteiger partial charge in [0.1, 0.15) is 0 Å². The summed E-state index contributed by atoms with van der Waals surface area (Å²) in [5.41, 5.74) is 11.7. The molecule has 10 heteroatoms. The van der Waals surface area contributed by atoms with Gasteiger partial charge in [0.15, 0.2) is 0 Å². The average Bonchev–Trinajstić information content (AvgIpc) is 3.35. The monoisotopic (exact) mass is 461 g/mol. The van der Waals surface area contributed by atoms with Crippen LogP contribution in [-0.2, 0) is 16.4 Å². The van der Waals surface area contributed by atoms with Gasteiger partial charge in [-0.15, -0.1) is 0 Å². The van der Waals surface area contributed by atoms with Crippen LogP contribution < -0.4 is 27.0 Å². The zero-order valence-corrected chi connectivity index (χ0v) is 18.0. The number of benzene rings is 3. The first kappa shape index (κ1) is 20.7. The molecular weight excluding hydrogens is 442 g/mol. The molecule has 0 aliphatic carbocycles. The van der Waals surface area contributed by atoms with Crippen molar-refractivity contribution in [2.24, 2.45) is 0 Å². The molecule has 0 radical (unpaired) electrons. The van der Waals surface area contributed by atoms with Crippen LogP contribution in [0.1, 0.15) is 31.8 Å². The predicted molar refractivity (Wildman–Crippen MR) is 121 cm³/mol. The predicted octanol–water partition coefficient (Wildman–Crippen LogP) is 1.93. The molecule has 2 aliphatic heterocycles. The van der Waals surface area contributed by atoms with Gasteiger partial charge in [-0.25, -0.2) is 8.42 Å². The zero-order valence-electron chi connectivity index (χ0n) is 17.2. The summed E-state index contributed by atoms with van der Waals surface area (Å²) in [4.78, 5) is 25.3. The molecule has 0 saturated carbocycles. The van der Waals surface area contributed by atoms with Crippen LogP contribution in [0.4, 0.5) is 5.69 Å². The number of hydrogen-bond acceptors (Lipinski definition) is 7. The van der Waals surface area contributed by atoms with Gasteiger partial charge in [-0.1, -0.05) is 30.3 Å². The molecule has 5 rings (SSSR count). The lowest BCUT2D eigenvalue weighted by Crippen LogP contribution is -2.31. The van der Waals surface area contributed by atoms with Gasteiger partial charge in [0.25, 0.3) is 11.8 Å². The normalized spacial score (nSPS) is 15.6. The first-order valence-corrected chi connectivity index (χ1v) is 11.6. The Morgan fingerprint density at radius 1 is 0.939 bits per heavy atom. The minimum Gasteiger partial charge on any atom is -0.348 e. The van der Waals surface area contributed by atoms with Crippen molar-refractivity contribution in [1.29, 1.82) is 0 Å². The molecule has 5 N–H and O–H groups in total. The topological polar surface area (TPSA) is 128 Å². The molecule has 3 aromatic carbocycles. The first-order chi connectivity index (χ1) is 15.9. The molecule has 0 spiro atoms. The largest absolute Gasteiger partial charge is 0.348 e. The van der Waals surface area contributed by atoms with E-state index in [0.717, 1.165) is 16.8 Å². The van der Waals surface area contributed by atoms with E-state index in [1.165, 1.54) is 30.3 Å². The number of hydrogen-bond donors (Lipinski definition) is 5. The molecule has 0 fully saturated rings. The number of carbonyl (C=O) groups is 2. The number of anilines is 1. The average molecular weight is 462 g/mol. The summed E-state index contributed by atoms with van der Waals surface area (Å²) in [6.45, 7) is 0.272. The van der Waals surface area contributed by atoms with E-state index in [1.807, 2.05) is 24.3 Å². The third-order valence-electron chi connectivity index (χ3n) is 5.38. The number of nitrogens with one attached hydrogen (secondary N) is 5. The molecule has 0 atom stereocenters. The number of rotatable bonds is 4. The molecule has 0 aromatic heterocycles. The Bertz CT molecular complexity index is 1430. The highest BCUT2D eigenvalue weighted by atomic mass is 32.2. The van der Waals surface area contributed by atoms with Gasteiger partial charge in [-0.2, -0.15) is 5.53 Å². The molecule has 3 aromatic rings. The Hall–Kier alpha value is -4.15. The van der Waals surface area contributed by atoms with E-state index in [0.29, 0.717) is 0 Å². The smallest absolute Gasteiger partial charge is 0.257 e. The number of sulfone groups is 1. The minimum atomic E-state index is -3.92. The minimum absolute atomic E-state index is 0.0513. The first-order valence-electron chi connectivity index (χ1n) is 10.1. The van der Waals surface area contributed by atoms with Crippen molar-refractivity contribution in [1.82, 2.24) is 21.7 Å². The zero-order chi connectivity index (χ0) is 23.0. The van der Waals surface area contributed by atoms with Gasteiger partial charge in [-0.05, 0) is 42.0 Å². The lowest BCUT2D eigenvalue weighted by atomic mass is 10.1. The van der Waals surface area contributed by atoms with Crippen LogP contribution in [0.15, 0.2) is 82.7 Å². The van der Waals surface area contributed by atoms with E-state index in [4.69, 9.17) is 0 Å². The fraction of sp³-hybridized carbons (Fsp3) is 0.0435. The lowest BCUT2D eigenvalue weighted by Gasteiger charge is -2.11. The number of fused-ring (bicyclic) bond motifs is 2. The number of hydrazine groups is 2. The second-order valence-electron chi connectivity index (χ2n) is 7.50. The van der Waals surface area contributed by atoms with Crippen LogP contribution in [0.3, 0.4) is 0 Å². The molecule has 33 heavy (non-hydrogen) atoms. The molecule has 2 heterocycles. The van der Waals surface area contributed by atoms with Crippen molar-refractivity contribution in [2.45, 2.75) is 16.3 Å². The summed E-state index contributed by atoms with van der Waals surface area (Å²) in [7, 11) is -3.92. The van der Waals surface area contributed by atoms with Crippen LogP contribution >= 0.6 is 0 Å². The van der Waals surface area contributed by atoms with Crippen LogP contribution in [0.2, 0.25) is 0 Å². The van der Waals surface area contributed by atoms with Gasteiger partial charge in [0.05, 0.1) is 26.7 Å². The lowest BCUT2D eigenvalue weighted by molar-refractivity contribution is 0.0949. The van der Waals surface area contributed by atoms with E-state index in [1.54, 1.807) is 18.3 Å². The number of amides is 2. The van der Waals surface area contributed by atoms with E-state index >= 15 is 0 Å². The molecule has 2 amide bonds. The molecule has 0 unspecified atom stereocenters. The summed E-state index contributed by atoms with van der Waals surface area (Å²) in [5.74, 6) is -0.931. The van der Waals surface area contributed by atoms with Gasteiger partial charge >= 0.3 is 0 Å². The highest BCUT2D eigenvalue weighted by Gasteiger charge is 2.31. The van der Waals surface area contributed by atoms with Crippen LogP contribution in [-0.4, -0.2) is 20.2 Å². The molecule has 0 saturated heterocycles. The third-order valence-corrected chi connectivity index (χ3v) is 7.25. The summed E-state index contributed by atoms with van der Waals surface area (Å²) >= 11 is 0. The maximum absolute atomic E-state index is 13.1. The second kappa shape index (κ2) is 8.08. The van der Waals surface area contributed by atoms with Gasteiger partial charge < -0.3 is 21.5 Å². The maximum Gasteiger partial charge on any atom is 0.257 e. The Labute approximate surface area is 189 Å². The van der Waals surface area contributed by atoms with Crippen molar-refractivity contribution >= 4 is 33.0 Å². The Balaban J connectivity index is 1.38. The Morgan fingerprint density at radius 2 is 1.79 bits per heavy atom. The van der Waals surface area contributed by atoms with Gasteiger partial charge in [0.2, 0.25) is 9.84 Å². The van der Waals surface area contributed by atoms with Gasteiger partial charge in [-0.3, -0.25) is 9.59 Å². The van der Waals surface area contributed by atoms with Crippen molar-refractivity contribution in [3.8, 4) is 0 Å². The van der Waals surface area contributed by atoms with E-state index < -0.39 is 21.7 Å². The third kappa shape index (κ3) is 3.81. The Kier molecular flexibility index (Phi) is 5.08. The van der Waals surface area contributed by atoms with Crippen LogP contribution in [0.25, 0.3) is 5.70 Å². The van der Waals surface area contributed by atoms with Gasteiger partial charge in [0, 0.05) is 23.9 Å². The van der Waals surface area contributed by atoms with E-state index in [9.17, 15) is 18.0 Å². The summed E-state index contributed by atoms with van der Waals surface area (Å²) in [6.07, 6.45) is 1.79. The fourth-order valence-electron chi connectivity index (χ4n) is 3.74. The van der Waals surface area contributed by atoms with Crippen LogP contribution in [0, 0.1) is 0 Å². The Morgan fingerprint density at radius 3 is 2.61 bits per heavy atom. The summed E-state index contributed by atoms with van der Waals surface area (Å²) in [5, 5.41) is 5.45. The molecule has 0 bridgehead atoms. The molecule has 2 aliphatic rings.